The van der Waals surface area contributed by atoms with Gasteiger partial charge in [-0.15, -0.1) is 0 Å². The van der Waals surface area contributed by atoms with Crippen LogP contribution in [0.25, 0.3) is 10.9 Å². The molecule has 1 amide bonds. The number of nitrogens with zero attached hydrogens (tertiary/aromatic N) is 2. The van der Waals surface area contributed by atoms with Gasteiger partial charge in [0.15, 0.2) is 0 Å². The molecule has 0 fully saturated rings. The molecule has 1 atom stereocenters. The van der Waals surface area contributed by atoms with E-state index in [0.717, 1.165) is 5.56 Å². The van der Waals surface area contributed by atoms with Gasteiger partial charge in [0, 0.05) is 0 Å². The predicted octanol–water partition coefficient (Wildman–Crippen LogP) is 2.26. The van der Waals surface area contributed by atoms with Crippen LogP contribution in [-0.2, 0) is 20.9 Å². The van der Waals surface area contributed by atoms with Crippen LogP contribution < -0.4 is 10.9 Å². The summed E-state index contributed by atoms with van der Waals surface area (Å²) >= 11 is 0. The van der Waals surface area contributed by atoms with Crippen LogP contribution in [0.15, 0.2) is 53.6 Å². The van der Waals surface area contributed by atoms with E-state index in [0.29, 0.717) is 16.5 Å². The highest BCUT2D eigenvalue weighted by Gasteiger charge is 2.20. The van der Waals surface area contributed by atoms with Crippen molar-refractivity contribution in [3.05, 3.63) is 76.1 Å². The van der Waals surface area contributed by atoms with E-state index in [1.54, 1.807) is 12.1 Å². The number of amides is 1. The number of ether oxygens (including phenoxy) is 1. The number of hydrogen-bond donors (Lipinski definition) is 1. The Morgan fingerprint density at radius 3 is 2.62 bits per heavy atom. The third kappa shape index (κ3) is 4.66. The van der Waals surface area contributed by atoms with Gasteiger partial charge in [-0.2, -0.15) is 0 Å². The molecule has 3 rings (SSSR count). The standard InChI is InChI=1S/C21H20FN3O4/c1-13-4-3-5-16-20(13)23-12-25(21(16)28)11-18(26)24-17(10-19(27)29-2)14-6-8-15(22)9-7-14/h3-9,12,17H,10-11H2,1-2H3,(H,24,26). The summed E-state index contributed by atoms with van der Waals surface area (Å²) in [7, 11) is 1.24. The molecule has 0 aliphatic heterocycles. The number of nitrogens with one attached hydrogen (secondary N) is 1. The summed E-state index contributed by atoms with van der Waals surface area (Å²) in [6.07, 6.45) is 1.20. The highest BCUT2D eigenvalue weighted by Crippen LogP contribution is 2.18. The van der Waals surface area contributed by atoms with Crippen molar-refractivity contribution < 1.29 is 18.7 Å². The van der Waals surface area contributed by atoms with Gasteiger partial charge < -0.3 is 10.1 Å². The maximum Gasteiger partial charge on any atom is 0.307 e. The van der Waals surface area contributed by atoms with Crippen molar-refractivity contribution in [2.45, 2.75) is 25.9 Å². The van der Waals surface area contributed by atoms with Crippen LogP contribution in [0, 0.1) is 12.7 Å². The number of fused-ring (bicyclic) bond motifs is 1. The Bertz CT molecular complexity index is 1110. The molecule has 1 N–H and O–H groups in total. The van der Waals surface area contributed by atoms with Crippen molar-refractivity contribution in [1.82, 2.24) is 14.9 Å². The number of esters is 1. The summed E-state index contributed by atoms with van der Waals surface area (Å²) in [5.74, 6) is -1.44. The average Bonchev–Trinajstić information content (AvgIpc) is 2.70. The summed E-state index contributed by atoms with van der Waals surface area (Å²) in [4.78, 5) is 41.2. The lowest BCUT2D eigenvalue weighted by Gasteiger charge is -2.18. The molecule has 7 nitrogen and oxygen atoms in total. The molecule has 3 aromatic rings. The molecule has 150 valence electrons. The number of carbonyl (C=O) groups is 2. The molecule has 0 aliphatic rings. The number of halogens is 1. The first-order chi connectivity index (χ1) is 13.9. The fourth-order valence-electron chi connectivity index (χ4n) is 3.04. The third-order valence-electron chi connectivity index (χ3n) is 4.58. The summed E-state index contributed by atoms with van der Waals surface area (Å²) < 4.78 is 19.1. The van der Waals surface area contributed by atoms with Crippen LogP contribution in [0.5, 0.6) is 0 Å². The summed E-state index contributed by atoms with van der Waals surface area (Å²) in [5.41, 5.74) is 1.67. The molecule has 0 radical (unpaired) electrons. The monoisotopic (exact) mass is 397 g/mol. The van der Waals surface area contributed by atoms with Crippen LogP contribution in [0.2, 0.25) is 0 Å². The van der Waals surface area contributed by atoms with E-state index in [1.165, 1.54) is 42.3 Å². The highest BCUT2D eigenvalue weighted by molar-refractivity contribution is 5.81. The molecule has 2 aromatic carbocycles. The number of hydrogen-bond acceptors (Lipinski definition) is 5. The van der Waals surface area contributed by atoms with Crippen molar-refractivity contribution in [2.75, 3.05) is 7.11 Å². The van der Waals surface area contributed by atoms with E-state index in [2.05, 4.69) is 15.0 Å². The minimum Gasteiger partial charge on any atom is -0.469 e. The Labute approximate surface area is 166 Å². The molecule has 8 heteroatoms. The van der Waals surface area contributed by atoms with Gasteiger partial charge in [0.2, 0.25) is 5.91 Å². The fraction of sp³-hybridized carbons (Fsp3) is 0.238. The lowest BCUT2D eigenvalue weighted by Crippen LogP contribution is -2.35. The smallest absolute Gasteiger partial charge is 0.307 e. The minimum atomic E-state index is -0.720. The average molecular weight is 397 g/mol. The number of rotatable bonds is 6. The van der Waals surface area contributed by atoms with E-state index in [-0.39, 0.29) is 18.5 Å². The number of para-hydroxylation sites is 1. The van der Waals surface area contributed by atoms with Gasteiger partial charge in [0.05, 0.1) is 36.8 Å². The van der Waals surface area contributed by atoms with Gasteiger partial charge >= 0.3 is 5.97 Å². The van der Waals surface area contributed by atoms with Gasteiger partial charge in [-0.3, -0.25) is 19.0 Å². The molecule has 0 saturated carbocycles. The second kappa shape index (κ2) is 8.64. The van der Waals surface area contributed by atoms with Crippen molar-refractivity contribution in [3.8, 4) is 0 Å². The number of methoxy groups -OCH3 is 1. The number of aryl methyl sites for hydroxylation is 1. The summed E-state index contributed by atoms with van der Waals surface area (Å²) in [6, 6.07) is 9.99. The maximum atomic E-state index is 13.2. The van der Waals surface area contributed by atoms with Gasteiger partial charge in [-0.05, 0) is 36.2 Å². The van der Waals surface area contributed by atoms with Gasteiger partial charge in [0.25, 0.3) is 5.56 Å². The molecule has 1 heterocycles. The Kier molecular flexibility index (Phi) is 6.01. The zero-order valence-corrected chi connectivity index (χ0v) is 16.0. The zero-order chi connectivity index (χ0) is 21.0. The Morgan fingerprint density at radius 1 is 1.21 bits per heavy atom. The van der Waals surface area contributed by atoms with Crippen molar-refractivity contribution >= 4 is 22.8 Å². The Hall–Kier alpha value is -3.55. The topological polar surface area (TPSA) is 90.3 Å². The van der Waals surface area contributed by atoms with Crippen LogP contribution in [0.1, 0.15) is 23.6 Å². The number of carbonyl (C=O) groups excluding carboxylic acids is 2. The van der Waals surface area contributed by atoms with E-state index in [1.807, 2.05) is 13.0 Å². The number of aromatic nitrogens is 2. The molecular weight excluding hydrogens is 377 g/mol. The maximum absolute atomic E-state index is 13.2. The van der Waals surface area contributed by atoms with E-state index < -0.39 is 23.7 Å². The van der Waals surface area contributed by atoms with Crippen LogP contribution >= 0.6 is 0 Å². The SMILES string of the molecule is COC(=O)CC(NC(=O)Cn1cnc2c(C)cccc2c1=O)c1ccc(F)cc1. The Morgan fingerprint density at radius 2 is 1.93 bits per heavy atom. The fourth-order valence-corrected chi connectivity index (χ4v) is 3.04. The van der Waals surface area contributed by atoms with Crippen molar-refractivity contribution in [2.24, 2.45) is 0 Å². The quantitative estimate of drug-likeness (QED) is 0.645. The molecule has 0 bridgehead atoms. The minimum absolute atomic E-state index is 0.127. The predicted molar refractivity (Wildman–Crippen MR) is 105 cm³/mol. The third-order valence-corrected chi connectivity index (χ3v) is 4.58. The molecule has 0 aliphatic carbocycles. The largest absolute Gasteiger partial charge is 0.469 e. The van der Waals surface area contributed by atoms with Gasteiger partial charge in [-0.25, -0.2) is 9.37 Å². The van der Waals surface area contributed by atoms with Crippen LogP contribution in [-0.4, -0.2) is 28.5 Å². The molecule has 1 aromatic heterocycles. The molecule has 29 heavy (non-hydrogen) atoms. The Balaban J connectivity index is 1.82. The first-order valence-electron chi connectivity index (χ1n) is 8.95. The molecule has 0 saturated heterocycles. The highest BCUT2D eigenvalue weighted by atomic mass is 19.1. The summed E-state index contributed by atoms with van der Waals surface area (Å²) in [5, 5.41) is 3.12. The number of benzene rings is 2. The molecular formula is C21H20FN3O4. The lowest BCUT2D eigenvalue weighted by atomic mass is 10.0. The first-order valence-corrected chi connectivity index (χ1v) is 8.95. The van der Waals surface area contributed by atoms with Crippen molar-refractivity contribution in [1.29, 1.82) is 0 Å². The summed E-state index contributed by atoms with van der Waals surface area (Å²) in [6.45, 7) is 1.58. The van der Waals surface area contributed by atoms with E-state index in [4.69, 9.17) is 0 Å². The van der Waals surface area contributed by atoms with E-state index >= 15 is 0 Å². The van der Waals surface area contributed by atoms with Crippen LogP contribution in [0.4, 0.5) is 4.39 Å². The van der Waals surface area contributed by atoms with Gasteiger partial charge in [0.1, 0.15) is 12.4 Å². The lowest BCUT2D eigenvalue weighted by molar-refractivity contribution is -0.141. The molecule has 1 unspecified atom stereocenters. The second-order valence-electron chi connectivity index (χ2n) is 6.60. The van der Waals surface area contributed by atoms with E-state index in [9.17, 15) is 18.8 Å². The second-order valence-corrected chi connectivity index (χ2v) is 6.60. The van der Waals surface area contributed by atoms with Crippen LogP contribution in [0.3, 0.4) is 0 Å². The van der Waals surface area contributed by atoms with Gasteiger partial charge in [-0.1, -0.05) is 24.3 Å². The zero-order valence-electron chi connectivity index (χ0n) is 16.0. The van der Waals surface area contributed by atoms with Crippen molar-refractivity contribution in [3.63, 3.8) is 0 Å². The molecule has 0 spiro atoms. The first kappa shape index (κ1) is 20.2. The normalized spacial score (nSPS) is 11.8.